The Morgan fingerprint density at radius 1 is 1.15 bits per heavy atom. The van der Waals surface area contributed by atoms with Crippen molar-refractivity contribution in [1.82, 2.24) is 4.57 Å². The minimum Gasteiger partial charge on any atom is -0.464 e. The van der Waals surface area contributed by atoms with E-state index in [4.69, 9.17) is 14.2 Å². The lowest BCUT2D eigenvalue weighted by Crippen LogP contribution is -2.29. The van der Waals surface area contributed by atoms with Gasteiger partial charge in [-0.3, -0.25) is 4.79 Å². The summed E-state index contributed by atoms with van der Waals surface area (Å²) < 4.78 is 15.9. The Morgan fingerprint density at radius 2 is 1.81 bits per heavy atom. The van der Waals surface area contributed by atoms with E-state index >= 15 is 0 Å². The number of carbonyl (C=O) groups excluding carboxylic acids is 3. The molecule has 1 heterocycles. The van der Waals surface area contributed by atoms with E-state index in [2.05, 4.69) is 5.18 Å². The van der Waals surface area contributed by atoms with Crippen molar-refractivity contribution in [2.45, 2.75) is 39.9 Å². The number of methoxy groups -OCH3 is 1. The summed E-state index contributed by atoms with van der Waals surface area (Å²) in [4.78, 5) is 47.2. The van der Waals surface area contributed by atoms with E-state index in [0.717, 1.165) is 4.57 Å². The highest BCUT2D eigenvalue weighted by molar-refractivity contribution is 6.05. The molecule has 27 heavy (non-hydrogen) atoms. The molecule has 0 radical (unpaired) electrons. The van der Waals surface area contributed by atoms with Crippen molar-refractivity contribution in [2.75, 3.05) is 7.11 Å². The van der Waals surface area contributed by atoms with Gasteiger partial charge in [-0.15, -0.1) is 4.91 Å². The van der Waals surface area contributed by atoms with Crippen LogP contribution in [0.5, 0.6) is 0 Å². The van der Waals surface area contributed by atoms with Gasteiger partial charge in [-0.1, -0.05) is 0 Å². The number of esters is 2. The molecule has 0 saturated heterocycles. The van der Waals surface area contributed by atoms with Crippen LogP contribution in [-0.4, -0.2) is 35.3 Å². The van der Waals surface area contributed by atoms with E-state index in [9.17, 15) is 19.3 Å². The molecule has 0 aliphatic rings. The van der Waals surface area contributed by atoms with Gasteiger partial charge in [0.1, 0.15) is 23.6 Å². The lowest BCUT2D eigenvalue weighted by molar-refractivity contribution is -0.142. The molecular formula is C18H20N2O7. The van der Waals surface area contributed by atoms with Crippen LogP contribution in [0.15, 0.2) is 23.4 Å². The summed E-state index contributed by atoms with van der Waals surface area (Å²) in [5, 5.41) is 3.33. The summed E-state index contributed by atoms with van der Waals surface area (Å²) in [5.74, 6) is -1.27. The number of carbonyl (C=O) groups is 3. The first-order valence-electron chi connectivity index (χ1n) is 8.04. The normalized spacial score (nSPS) is 11.1. The molecule has 2 rings (SSSR count). The molecule has 1 aromatic heterocycles. The minimum atomic E-state index is -0.851. The fraction of sp³-hybridized carbons (Fsp3) is 0.389. The Hall–Kier alpha value is -3.23. The van der Waals surface area contributed by atoms with E-state index in [-0.39, 0.29) is 23.5 Å². The molecule has 0 bridgehead atoms. The van der Waals surface area contributed by atoms with Crippen molar-refractivity contribution >= 4 is 34.6 Å². The van der Waals surface area contributed by atoms with E-state index in [0.29, 0.717) is 10.9 Å². The molecule has 0 amide bonds. The lowest BCUT2D eigenvalue weighted by Gasteiger charge is -2.20. The Balaban J connectivity index is 2.70. The number of nitroso groups, excluding NO2 is 1. The van der Waals surface area contributed by atoms with Gasteiger partial charge >= 0.3 is 18.0 Å². The Kier molecular flexibility index (Phi) is 5.63. The summed E-state index contributed by atoms with van der Waals surface area (Å²) >= 11 is 0. The molecule has 0 aliphatic carbocycles. The largest absolute Gasteiger partial charge is 0.464 e. The molecule has 1 aromatic carbocycles. The maximum atomic E-state index is 12.7. The fourth-order valence-corrected chi connectivity index (χ4v) is 2.48. The predicted molar refractivity (Wildman–Crippen MR) is 95.8 cm³/mol. The highest BCUT2D eigenvalue weighted by Crippen LogP contribution is 2.32. The zero-order valence-corrected chi connectivity index (χ0v) is 15.7. The molecule has 0 saturated carbocycles. The van der Waals surface area contributed by atoms with E-state index in [1.54, 1.807) is 26.8 Å². The van der Waals surface area contributed by atoms with Gasteiger partial charge in [0.15, 0.2) is 0 Å². The summed E-state index contributed by atoms with van der Waals surface area (Å²) in [6.07, 6.45) is -0.851. The van der Waals surface area contributed by atoms with Crippen LogP contribution in [0.1, 0.15) is 43.7 Å². The van der Waals surface area contributed by atoms with Crippen molar-refractivity contribution in [1.29, 1.82) is 0 Å². The van der Waals surface area contributed by atoms with E-state index in [1.165, 1.54) is 26.2 Å². The van der Waals surface area contributed by atoms with Gasteiger partial charge in [0.25, 0.3) is 0 Å². The van der Waals surface area contributed by atoms with Gasteiger partial charge in [0.2, 0.25) is 0 Å². The Morgan fingerprint density at radius 3 is 2.33 bits per heavy atom. The molecule has 0 fully saturated rings. The summed E-state index contributed by atoms with van der Waals surface area (Å²) in [6.45, 7) is 6.18. The zero-order chi connectivity index (χ0) is 20.4. The molecule has 0 aliphatic heterocycles. The number of fused-ring (bicyclic) bond motifs is 1. The standard InChI is InChI=1S/C18H20N2O7/c1-10(21)26-9-11-6-12-8-14(16(22)25-5)20(15(12)13(7-11)19-24)17(23)27-18(2,3)4/h6-8H,9H2,1-5H3. The minimum absolute atomic E-state index is 0.0844. The Bertz CT molecular complexity index is 922. The van der Waals surface area contributed by atoms with Crippen LogP contribution in [0.3, 0.4) is 0 Å². The Labute approximate surface area is 155 Å². The fourth-order valence-electron chi connectivity index (χ4n) is 2.48. The van der Waals surface area contributed by atoms with Crippen molar-refractivity contribution in [3.05, 3.63) is 34.4 Å². The number of hydrogen-bond donors (Lipinski definition) is 0. The van der Waals surface area contributed by atoms with Crippen molar-refractivity contribution in [3.63, 3.8) is 0 Å². The lowest BCUT2D eigenvalue weighted by atomic mass is 10.1. The average molecular weight is 376 g/mol. The molecular weight excluding hydrogens is 356 g/mol. The van der Waals surface area contributed by atoms with Crippen molar-refractivity contribution in [3.8, 4) is 0 Å². The predicted octanol–water partition coefficient (Wildman–Crippen LogP) is 3.67. The number of rotatable bonds is 4. The highest BCUT2D eigenvalue weighted by atomic mass is 16.6. The van der Waals surface area contributed by atoms with Crippen molar-refractivity contribution in [2.24, 2.45) is 5.18 Å². The monoisotopic (exact) mass is 376 g/mol. The molecule has 9 nitrogen and oxygen atoms in total. The SMILES string of the molecule is COC(=O)c1cc2cc(COC(C)=O)cc(N=O)c2n1C(=O)OC(C)(C)C. The third kappa shape index (κ3) is 4.49. The zero-order valence-electron chi connectivity index (χ0n) is 15.7. The topological polar surface area (TPSA) is 113 Å². The van der Waals surface area contributed by atoms with Gasteiger partial charge in [0, 0.05) is 12.3 Å². The van der Waals surface area contributed by atoms with Gasteiger partial charge in [-0.05, 0) is 49.7 Å². The van der Waals surface area contributed by atoms with Gasteiger partial charge in [-0.2, -0.15) is 0 Å². The van der Waals surface area contributed by atoms with Crippen LogP contribution in [0.2, 0.25) is 0 Å². The smallest absolute Gasteiger partial charge is 0.419 e. The number of aromatic nitrogens is 1. The first kappa shape index (κ1) is 20.1. The first-order valence-corrected chi connectivity index (χ1v) is 8.04. The molecule has 144 valence electrons. The van der Waals surface area contributed by atoms with Crippen LogP contribution in [0.4, 0.5) is 10.5 Å². The molecule has 0 spiro atoms. The molecule has 2 aromatic rings. The summed E-state index contributed by atoms with van der Waals surface area (Å²) in [6, 6.07) is 4.34. The molecule has 9 heteroatoms. The second kappa shape index (κ2) is 7.56. The molecule has 0 unspecified atom stereocenters. The maximum absolute atomic E-state index is 12.7. The third-order valence-electron chi connectivity index (χ3n) is 3.45. The highest BCUT2D eigenvalue weighted by Gasteiger charge is 2.27. The molecule has 0 atom stereocenters. The first-order chi connectivity index (χ1) is 12.6. The summed E-state index contributed by atoms with van der Waals surface area (Å²) in [5.41, 5.74) is -0.464. The second-order valence-corrected chi connectivity index (χ2v) is 6.76. The second-order valence-electron chi connectivity index (χ2n) is 6.76. The quantitative estimate of drug-likeness (QED) is 0.454. The average Bonchev–Trinajstić information content (AvgIpc) is 2.96. The van der Waals surface area contributed by atoms with Crippen LogP contribution in [-0.2, 0) is 25.6 Å². The van der Waals surface area contributed by atoms with Gasteiger partial charge < -0.3 is 14.2 Å². The van der Waals surface area contributed by atoms with E-state index < -0.39 is 23.6 Å². The number of benzene rings is 1. The number of hydrogen-bond acceptors (Lipinski definition) is 8. The summed E-state index contributed by atoms with van der Waals surface area (Å²) in [7, 11) is 1.17. The number of nitrogens with zero attached hydrogens (tertiary/aromatic N) is 2. The van der Waals surface area contributed by atoms with Gasteiger partial charge in [-0.25, -0.2) is 14.2 Å². The molecule has 0 N–H and O–H groups in total. The van der Waals surface area contributed by atoms with Crippen LogP contribution in [0, 0.1) is 4.91 Å². The maximum Gasteiger partial charge on any atom is 0.419 e. The number of ether oxygens (including phenoxy) is 3. The van der Waals surface area contributed by atoms with Crippen LogP contribution < -0.4 is 0 Å². The van der Waals surface area contributed by atoms with Crippen LogP contribution >= 0.6 is 0 Å². The van der Waals surface area contributed by atoms with E-state index in [1.807, 2.05) is 0 Å². The third-order valence-corrected chi connectivity index (χ3v) is 3.45. The van der Waals surface area contributed by atoms with Crippen molar-refractivity contribution < 1.29 is 28.6 Å². The van der Waals surface area contributed by atoms with Crippen LogP contribution in [0.25, 0.3) is 10.9 Å². The van der Waals surface area contributed by atoms with Gasteiger partial charge in [0.05, 0.1) is 12.6 Å².